The zero-order valence-corrected chi connectivity index (χ0v) is 11.3. The zero-order valence-electron chi connectivity index (χ0n) is 11.3. The average molecular weight is 236 g/mol. The fourth-order valence-corrected chi connectivity index (χ4v) is 1.54. The molecule has 1 aromatic rings. The third kappa shape index (κ3) is 4.84. The largest absolute Gasteiger partial charge is 0.391 e. The van der Waals surface area contributed by atoms with Crippen LogP contribution in [0, 0.1) is 5.41 Å². The molecule has 17 heavy (non-hydrogen) atoms. The zero-order chi connectivity index (χ0) is 12.9. The highest BCUT2D eigenvalue weighted by molar-refractivity contribution is 5.03. The number of aliphatic hydroxyl groups excluding tert-OH is 1. The Morgan fingerprint density at radius 3 is 2.53 bits per heavy atom. The molecule has 0 saturated carbocycles. The highest BCUT2D eigenvalue weighted by atomic mass is 16.3. The number of rotatable bonds is 5. The van der Waals surface area contributed by atoms with Gasteiger partial charge in [0.05, 0.1) is 11.8 Å². The van der Waals surface area contributed by atoms with Crippen LogP contribution in [-0.4, -0.2) is 34.2 Å². The van der Waals surface area contributed by atoms with Crippen molar-refractivity contribution in [2.24, 2.45) is 5.41 Å². The van der Waals surface area contributed by atoms with Gasteiger partial charge in [-0.3, -0.25) is 9.88 Å². The van der Waals surface area contributed by atoms with E-state index in [0.717, 1.165) is 18.8 Å². The molecule has 0 radical (unpaired) electrons. The maximum Gasteiger partial charge on any atom is 0.0715 e. The molecular weight excluding hydrogens is 212 g/mol. The van der Waals surface area contributed by atoms with Crippen LogP contribution in [0.25, 0.3) is 0 Å². The highest BCUT2D eigenvalue weighted by Crippen LogP contribution is 2.20. The molecule has 0 bridgehead atoms. The fourth-order valence-electron chi connectivity index (χ4n) is 1.54. The van der Waals surface area contributed by atoms with Crippen LogP contribution in [0.4, 0.5) is 0 Å². The van der Waals surface area contributed by atoms with E-state index in [1.807, 2.05) is 24.4 Å². The lowest BCUT2D eigenvalue weighted by atomic mass is 9.89. The van der Waals surface area contributed by atoms with Crippen molar-refractivity contribution in [2.45, 2.75) is 40.3 Å². The second-order valence-corrected chi connectivity index (χ2v) is 5.53. The van der Waals surface area contributed by atoms with Crippen molar-refractivity contribution in [1.82, 2.24) is 9.88 Å². The molecule has 3 nitrogen and oxygen atoms in total. The Morgan fingerprint density at radius 2 is 2.06 bits per heavy atom. The molecule has 96 valence electrons. The van der Waals surface area contributed by atoms with E-state index < -0.39 is 0 Å². The summed E-state index contributed by atoms with van der Waals surface area (Å²) in [7, 11) is 0. The molecule has 0 saturated heterocycles. The van der Waals surface area contributed by atoms with Crippen LogP contribution in [0.15, 0.2) is 24.4 Å². The minimum Gasteiger partial charge on any atom is -0.391 e. The Morgan fingerprint density at radius 1 is 1.35 bits per heavy atom. The molecule has 0 aromatic carbocycles. The minimum atomic E-state index is -0.314. The molecule has 1 aromatic heterocycles. The Bertz CT molecular complexity index is 319. The quantitative estimate of drug-likeness (QED) is 0.852. The van der Waals surface area contributed by atoms with E-state index >= 15 is 0 Å². The van der Waals surface area contributed by atoms with Crippen molar-refractivity contribution < 1.29 is 5.11 Å². The lowest BCUT2D eigenvalue weighted by molar-refractivity contribution is 0.0273. The molecule has 0 aliphatic heterocycles. The maximum absolute atomic E-state index is 10.1. The van der Waals surface area contributed by atoms with Crippen LogP contribution >= 0.6 is 0 Å². The van der Waals surface area contributed by atoms with Gasteiger partial charge in [-0.15, -0.1) is 0 Å². The van der Waals surface area contributed by atoms with Crippen molar-refractivity contribution >= 4 is 0 Å². The molecule has 1 heterocycles. The maximum atomic E-state index is 10.1. The monoisotopic (exact) mass is 236 g/mol. The second-order valence-electron chi connectivity index (χ2n) is 5.53. The predicted molar refractivity (Wildman–Crippen MR) is 70.6 cm³/mol. The van der Waals surface area contributed by atoms with E-state index in [9.17, 15) is 5.11 Å². The van der Waals surface area contributed by atoms with Crippen molar-refractivity contribution in [2.75, 3.05) is 13.1 Å². The first-order valence-electron chi connectivity index (χ1n) is 6.23. The van der Waals surface area contributed by atoms with Gasteiger partial charge in [0, 0.05) is 19.3 Å². The number of aliphatic hydroxyl groups is 1. The molecule has 0 fully saturated rings. The van der Waals surface area contributed by atoms with E-state index in [2.05, 4.69) is 37.6 Å². The Hall–Kier alpha value is -0.930. The molecule has 1 atom stereocenters. The van der Waals surface area contributed by atoms with Crippen LogP contribution in [-0.2, 0) is 6.54 Å². The van der Waals surface area contributed by atoms with Gasteiger partial charge in [0.15, 0.2) is 0 Å². The molecule has 0 aliphatic rings. The van der Waals surface area contributed by atoms with Crippen molar-refractivity contribution in [3.63, 3.8) is 0 Å². The van der Waals surface area contributed by atoms with Crippen LogP contribution in [0.2, 0.25) is 0 Å². The number of nitrogens with zero attached hydrogens (tertiary/aromatic N) is 2. The summed E-state index contributed by atoms with van der Waals surface area (Å²) >= 11 is 0. The lowest BCUT2D eigenvalue weighted by Crippen LogP contribution is -2.39. The second kappa shape index (κ2) is 6.12. The molecule has 3 heteroatoms. The van der Waals surface area contributed by atoms with Gasteiger partial charge in [-0.25, -0.2) is 0 Å². The van der Waals surface area contributed by atoms with E-state index in [1.165, 1.54) is 0 Å². The number of aromatic nitrogens is 1. The average Bonchev–Trinajstić information content (AvgIpc) is 2.28. The van der Waals surface area contributed by atoms with Gasteiger partial charge in [0.25, 0.3) is 0 Å². The standard InChI is InChI=1S/C14H24N2O/c1-5-16(11-13(17)14(2,3)4)10-12-8-6-7-9-15-12/h6-9,13,17H,5,10-11H2,1-4H3. The first kappa shape index (κ1) is 14.1. The van der Waals surface area contributed by atoms with Gasteiger partial charge in [0.1, 0.15) is 0 Å². The molecule has 1 N–H and O–H groups in total. The summed E-state index contributed by atoms with van der Waals surface area (Å²) in [5.41, 5.74) is 0.979. The lowest BCUT2D eigenvalue weighted by Gasteiger charge is -2.31. The summed E-state index contributed by atoms with van der Waals surface area (Å²) in [6.07, 6.45) is 1.50. The first-order valence-corrected chi connectivity index (χ1v) is 6.23. The third-order valence-corrected chi connectivity index (χ3v) is 2.99. The first-order chi connectivity index (χ1) is 7.93. The third-order valence-electron chi connectivity index (χ3n) is 2.99. The van der Waals surface area contributed by atoms with Crippen LogP contribution in [0.1, 0.15) is 33.4 Å². The predicted octanol–water partition coefficient (Wildman–Crippen LogP) is 2.31. The smallest absolute Gasteiger partial charge is 0.0715 e. The number of likely N-dealkylation sites (N-methyl/N-ethyl adjacent to an activating group) is 1. The Kier molecular flexibility index (Phi) is 5.09. The highest BCUT2D eigenvalue weighted by Gasteiger charge is 2.24. The molecule has 1 rings (SSSR count). The summed E-state index contributed by atoms with van der Waals surface area (Å²) < 4.78 is 0. The molecule has 0 amide bonds. The summed E-state index contributed by atoms with van der Waals surface area (Å²) in [5, 5.41) is 10.1. The fraction of sp³-hybridized carbons (Fsp3) is 0.643. The van der Waals surface area contributed by atoms with Gasteiger partial charge < -0.3 is 5.11 Å². The normalized spacial score (nSPS) is 14.0. The van der Waals surface area contributed by atoms with Gasteiger partial charge >= 0.3 is 0 Å². The van der Waals surface area contributed by atoms with Crippen LogP contribution in [0.5, 0.6) is 0 Å². The number of pyridine rings is 1. The van der Waals surface area contributed by atoms with E-state index in [-0.39, 0.29) is 11.5 Å². The van der Waals surface area contributed by atoms with Crippen molar-refractivity contribution in [1.29, 1.82) is 0 Å². The molecular formula is C14H24N2O. The minimum absolute atomic E-state index is 0.0719. The summed E-state index contributed by atoms with van der Waals surface area (Å²) in [4.78, 5) is 6.53. The van der Waals surface area contributed by atoms with Crippen molar-refractivity contribution in [3.8, 4) is 0 Å². The van der Waals surface area contributed by atoms with E-state index in [1.54, 1.807) is 0 Å². The van der Waals surface area contributed by atoms with Crippen molar-refractivity contribution in [3.05, 3.63) is 30.1 Å². The SMILES string of the molecule is CCN(Cc1ccccn1)CC(O)C(C)(C)C. The van der Waals surface area contributed by atoms with Gasteiger partial charge in [0.2, 0.25) is 0 Å². The van der Waals surface area contributed by atoms with Crippen LogP contribution < -0.4 is 0 Å². The Balaban J connectivity index is 2.55. The number of hydrogen-bond acceptors (Lipinski definition) is 3. The molecule has 1 unspecified atom stereocenters. The summed E-state index contributed by atoms with van der Waals surface area (Å²) in [6, 6.07) is 5.94. The molecule has 0 spiro atoms. The van der Waals surface area contributed by atoms with Gasteiger partial charge in [-0.1, -0.05) is 33.8 Å². The summed E-state index contributed by atoms with van der Waals surface area (Å²) in [5.74, 6) is 0. The summed E-state index contributed by atoms with van der Waals surface area (Å²) in [6.45, 7) is 10.7. The van der Waals surface area contributed by atoms with E-state index in [4.69, 9.17) is 0 Å². The number of hydrogen-bond donors (Lipinski definition) is 1. The van der Waals surface area contributed by atoms with Crippen LogP contribution in [0.3, 0.4) is 0 Å². The molecule has 0 aliphatic carbocycles. The topological polar surface area (TPSA) is 36.4 Å². The Labute approximate surface area is 104 Å². The van der Waals surface area contributed by atoms with Gasteiger partial charge in [-0.2, -0.15) is 0 Å². The van der Waals surface area contributed by atoms with E-state index in [0.29, 0.717) is 6.54 Å². The van der Waals surface area contributed by atoms with Gasteiger partial charge in [-0.05, 0) is 24.1 Å².